The largest absolute Gasteiger partial charge is 0.399 e. The number of pyridine rings is 1. The molecule has 2 N–H and O–H groups in total. The average Bonchev–Trinajstić information content (AvgIpc) is 3.31. The summed E-state index contributed by atoms with van der Waals surface area (Å²) in [5, 5.41) is 2.21. The predicted molar refractivity (Wildman–Crippen MR) is 127 cm³/mol. The van der Waals surface area contributed by atoms with Gasteiger partial charge in [0.15, 0.2) is 0 Å². The van der Waals surface area contributed by atoms with Gasteiger partial charge in [-0.3, -0.25) is 4.90 Å². The van der Waals surface area contributed by atoms with Crippen LogP contribution in [0.4, 0.5) is 5.69 Å². The quantitative estimate of drug-likeness (QED) is 0.410. The summed E-state index contributed by atoms with van der Waals surface area (Å²) in [5.74, 6) is 0. The number of fused-ring (bicyclic) bond motifs is 2. The van der Waals surface area contributed by atoms with Crippen LogP contribution in [0.1, 0.15) is 32.1 Å². The van der Waals surface area contributed by atoms with Crippen molar-refractivity contribution in [3.05, 3.63) is 47.5 Å². The Morgan fingerprint density at radius 3 is 2.86 bits per heavy atom. The van der Waals surface area contributed by atoms with Crippen molar-refractivity contribution >= 4 is 54.4 Å². The number of anilines is 1. The van der Waals surface area contributed by atoms with Crippen molar-refractivity contribution < 1.29 is 0 Å². The molecule has 4 heterocycles. The fraction of sp³-hybridized carbons (Fsp3) is 0.304. The Bertz CT molecular complexity index is 1230. The zero-order chi connectivity index (χ0) is 20.1. The fourth-order valence-electron chi connectivity index (χ4n) is 4.25. The Morgan fingerprint density at radius 2 is 2.03 bits per heavy atom. The van der Waals surface area contributed by atoms with Crippen LogP contribution in [0.5, 0.6) is 0 Å². The summed E-state index contributed by atoms with van der Waals surface area (Å²) in [7, 11) is 0. The number of hydrogen-bond acceptors (Lipinski definition) is 6. The minimum Gasteiger partial charge on any atom is -0.399 e. The number of nitrogens with two attached hydrogens (primary N) is 1. The molecular weight excluding hydrogens is 396 g/mol. The molecule has 148 valence electrons. The van der Waals surface area contributed by atoms with E-state index >= 15 is 0 Å². The lowest BCUT2D eigenvalue weighted by Crippen LogP contribution is -2.41. The second kappa shape index (κ2) is 7.20. The molecule has 0 saturated carbocycles. The smallest absolute Gasteiger partial charge is 0.125 e. The van der Waals surface area contributed by atoms with Crippen molar-refractivity contribution in [2.75, 3.05) is 12.3 Å². The summed E-state index contributed by atoms with van der Waals surface area (Å²) in [5.41, 5.74) is 10.2. The van der Waals surface area contributed by atoms with Gasteiger partial charge in [-0.25, -0.2) is 9.97 Å². The van der Waals surface area contributed by atoms with Crippen molar-refractivity contribution in [1.29, 1.82) is 0 Å². The van der Waals surface area contributed by atoms with Gasteiger partial charge >= 0.3 is 0 Å². The van der Waals surface area contributed by atoms with Crippen LogP contribution in [-0.4, -0.2) is 33.5 Å². The molecule has 0 saturated heterocycles. The van der Waals surface area contributed by atoms with Gasteiger partial charge in [0, 0.05) is 46.3 Å². The standard InChI is InChI=1S/C23H24N4S2/c1-13(2)27-10-4-5-16(14(27)3)21-12-18-17(8-9-25-22(18)29-21)23-26-19-11-15(24)6-7-20(19)28-23/h5-9,11-14H,4,10,24H2,1-3H3. The van der Waals surface area contributed by atoms with E-state index in [2.05, 4.69) is 54.9 Å². The Kier molecular flexibility index (Phi) is 4.65. The zero-order valence-corrected chi connectivity index (χ0v) is 18.5. The van der Waals surface area contributed by atoms with Gasteiger partial charge < -0.3 is 5.73 Å². The SMILES string of the molecule is CC(C)N1CCC=C(c2cc3c(-c4nc5cc(N)ccc5s4)ccnc3s2)C1C. The summed E-state index contributed by atoms with van der Waals surface area (Å²) in [6, 6.07) is 11.3. The molecule has 1 aromatic carbocycles. The number of rotatable bonds is 3. The van der Waals surface area contributed by atoms with Crippen molar-refractivity contribution in [2.45, 2.75) is 39.3 Å². The highest BCUT2D eigenvalue weighted by Crippen LogP contribution is 2.40. The van der Waals surface area contributed by atoms with E-state index in [0.717, 1.165) is 44.3 Å². The highest BCUT2D eigenvalue weighted by Gasteiger charge is 2.26. The third kappa shape index (κ3) is 3.25. The Labute approximate surface area is 178 Å². The van der Waals surface area contributed by atoms with E-state index in [-0.39, 0.29) is 0 Å². The topological polar surface area (TPSA) is 55.0 Å². The van der Waals surface area contributed by atoms with E-state index in [1.54, 1.807) is 22.7 Å². The molecule has 0 aliphatic carbocycles. The molecule has 0 bridgehead atoms. The summed E-state index contributed by atoms with van der Waals surface area (Å²) in [6.45, 7) is 8.01. The normalized spacial score (nSPS) is 18.1. The molecule has 1 aliphatic rings. The monoisotopic (exact) mass is 420 g/mol. The lowest BCUT2D eigenvalue weighted by atomic mass is 9.98. The lowest BCUT2D eigenvalue weighted by Gasteiger charge is -2.37. The van der Waals surface area contributed by atoms with Crippen LogP contribution in [0.3, 0.4) is 0 Å². The van der Waals surface area contributed by atoms with E-state index in [4.69, 9.17) is 10.7 Å². The van der Waals surface area contributed by atoms with Gasteiger partial charge in [-0.2, -0.15) is 0 Å². The molecule has 1 unspecified atom stereocenters. The number of hydrogen-bond donors (Lipinski definition) is 1. The lowest BCUT2D eigenvalue weighted by molar-refractivity contribution is 0.194. The average molecular weight is 421 g/mol. The van der Waals surface area contributed by atoms with Gasteiger partial charge in [-0.05, 0) is 63.1 Å². The number of benzene rings is 1. The van der Waals surface area contributed by atoms with Crippen molar-refractivity contribution in [2.24, 2.45) is 0 Å². The number of nitrogen functional groups attached to an aromatic ring is 1. The number of thiophene rings is 1. The maximum absolute atomic E-state index is 5.94. The van der Waals surface area contributed by atoms with Crippen molar-refractivity contribution in [1.82, 2.24) is 14.9 Å². The number of thiazole rings is 1. The molecule has 0 radical (unpaired) electrons. The maximum atomic E-state index is 5.94. The third-order valence-corrected chi connectivity index (χ3v) is 7.89. The molecule has 0 spiro atoms. The molecule has 4 nitrogen and oxygen atoms in total. The van der Waals surface area contributed by atoms with Crippen LogP contribution in [0.15, 0.2) is 42.6 Å². The highest BCUT2D eigenvalue weighted by molar-refractivity contribution is 7.22. The zero-order valence-electron chi connectivity index (χ0n) is 16.8. The van der Waals surface area contributed by atoms with E-state index in [0.29, 0.717) is 12.1 Å². The van der Waals surface area contributed by atoms with E-state index in [9.17, 15) is 0 Å². The first-order valence-electron chi connectivity index (χ1n) is 10.0. The second-order valence-corrected chi connectivity index (χ2v) is 9.95. The van der Waals surface area contributed by atoms with Crippen molar-refractivity contribution in [3.8, 4) is 10.6 Å². The first-order chi connectivity index (χ1) is 14.0. The first-order valence-corrected chi connectivity index (χ1v) is 11.7. The van der Waals surface area contributed by atoms with E-state index in [1.165, 1.54) is 15.8 Å². The van der Waals surface area contributed by atoms with Gasteiger partial charge in [0.2, 0.25) is 0 Å². The van der Waals surface area contributed by atoms with Crippen molar-refractivity contribution in [3.63, 3.8) is 0 Å². The summed E-state index contributed by atoms with van der Waals surface area (Å²) < 4.78 is 1.16. The van der Waals surface area contributed by atoms with Gasteiger partial charge in [-0.1, -0.05) is 6.08 Å². The Hall–Kier alpha value is -2.28. The number of aromatic nitrogens is 2. The van der Waals surface area contributed by atoms with E-state index in [1.807, 2.05) is 18.3 Å². The first kappa shape index (κ1) is 18.7. The summed E-state index contributed by atoms with van der Waals surface area (Å²) in [4.78, 5) is 14.5. The minimum absolute atomic E-state index is 0.422. The van der Waals surface area contributed by atoms with Gasteiger partial charge in [0.05, 0.1) is 10.2 Å². The molecule has 6 heteroatoms. The third-order valence-electron chi connectivity index (χ3n) is 5.72. The molecule has 0 amide bonds. The Balaban J connectivity index is 1.60. The van der Waals surface area contributed by atoms with Crippen LogP contribution in [0.25, 0.3) is 36.6 Å². The number of nitrogens with zero attached hydrogens (tertiary/aromatic N) is 3. The van der Waals surface area contributed by atoms with Crippen LogP contribution < -0.4 is 5.73 Å². The van der Waals surface area contributed by atoms with E-state index < -0.39 is 0 Å². The molecular formula is C23H24N4S2. The van der Waals surface area contributed by atoms with Crippen LogP contribution in [-0.2, 0) is 0 Å². The van der Waals surface area contributed by atoms with Crippen LogP contribution in [0.2, 0.25) is 0 Å². The van der Waals surface area contributed by atoms with Gasteiger partial charge in [-0.15, -0.1) is 22.7 Å². The van der Waals surface area contributed by atoms with Crippen LogP contribution in [0, 0.1) is 0 Å². The highest BCUT2D eigenvalue weighted by atomic mass is 32.1. The molecule has 5 rings (SSSR count). The molecule has 1 aliphatic heterocycles. The summed E-state index contributed by atoms with van der Waals surface area (Å²) in [6.07, 6.45) is 5.41. The van der Waals surface area contributed by atoms with Gasteiger partial charge in [0.1, 0.15) is 9.84 Å². The molecule has 29 heavy (non-hydrogen) atoms. The molecule has 3 aromatic heterocycles. The molecule has 0 fully saturated rings. The van der Waals surface area contributed by atoms with Gasteiger partial charge in [0.25, 0.3) is 0 Å². The summed E-state index contributed by atoms with van der Waals surface area (Å²) >= 11 is 3.50. The second-order valence-electron chi connectivity index (χ2n) is 7.89. The predicted octanol–water partition coefficient (Wildman–Crippen LogP) is 6.04. The minimum atomic E-state index is 0.422. The molecule has 1 atom stereocenters. The fourth-order valence-corrected chi connectivity index (χ4v) is 6.39. The Morgan fingerprint density at radius 1 is 1.17 bits per heavy atom. The molecule has 4 aromatic rings. The maximum Gasteiger partial charge on any atom is 0.125 e. The van der Waals surface area contributed by atoms with Crippen LogP contribution >= 0.6 is 22.7 Å².